The van der Waals surface area contributed by atoms with Gasteiger partial charge in [-0.3, -0.25) is 4.79 Å². The van der Waals surface area contributed by atoms with Crippen molar-refractivity contribution in [3.8, 4) is 0 Å². The molecule has 0 saturated heterocycles. The summed E-state index contributed by atoms with van der Waals surface area (Å²) in [6.45, 7) is 3.77. The van der Waals surface area contributed by atoms with Gasteiger partial charge in [-0.2, -0.15) is 0 Å². The van der Waals surface area contributed by atoms with E-state index in [0.717, 1.165) is 21.9 Å². The topological polar surface area (TPSA) is 43.1 Å². The number of benzene rings is 1. The van der Waals surface area contributed by atoms with Crippen molar-refractivity contribution < 1.29 is 9.21 Å². The Morgan fingerprint density at radius 1 is 1.26 bits per heavy atom. The van der Waals surface area contributed by atoms with Crippen LogP contribution in [0.25, 0.3) is 0 Å². The molecule has 0 bridgehead atoms. The minimum Gasteiger partial charge on any atom is -0.437 e. The highest BCUT2D eigenvalue weighted by Crippen LogP contribution is 2.22. The number of hydrogen-bond donors (Lipinski definition) is 0. The van der Waals surface area contributed by atoms with Crippen LogP contribution in [0.2, 0.25) is 0 Å². The number of ketones is 1. The van der Waals surface area contributed by atoms with E-state index in [4.69, 9.17) is 4.42 Å². The fourth-order valence-electron chi connectivity index (χ4n) is 1.49. The van der Waals surface area contributed by atoms with Crippen molar-refractivity contribution in [2.45, 2.75) is 24.0 Å². The summed E-state index contributed by atoms with van der Waals surface area (Å²) < 4.78 is 5.43. The fourth-order valence-corrected chi connectivity index (χ4v) is 2.71. The average Bonchev–Trinajstić information content (AvgIpc) is 2.75. The molecule has 0 amide bonds. The third-order valence-corrected chi connectivity index (χ3v) is 4.32. The van der Waals surface area contributed by atoms with E-state index >= 15 is 0 Å². The van der Waals surface area contributed by atoms with Crippen molar-refractivity contribution in [2.24, 2.45) is 0 Å². The molecule has 0 saturated carbocycles. The van der Waals surface area contributed by atoms with E-state index in [0.29, 0.717) is 11.0 Å². The lowest BCUT2D eigenvalue weighted by molar-refractivity contribution is 0.102. The summed E-state index contributed by atoms with van der Waals surface area (Å²) in [5, 5.41) is 0.559. The zero-order valence-electron chi connectivity index (χ0n) is 11.1. The lowest BCUT2D eigenvalue weighted by Gasteiger charge is -2.00. The van der Waals surface area contributed by atoms with Gasteiger partial charge in [0.1, 0.15) is 5.76 Å². The van der Waals surface area contributed by atoms with Crippen LogP contribution in [0.1, 0.15) is 21.8 Å². The zero-order valence-corrected chi connectivity index (χ0v) is 12.7. The van der Waals surface area contributed by atoms with Gasteiger partial charge in [-0.05, 0) is 32.2 Å². The minimum atomic E-state index is 0.0890. The maximum absolute atomic E-state index is 12.0. The largest absolute Gasteiger partial charge is 0.437 e. The maximum atomic E-state index is 12.0. The van der Waals surface area contributed by atoms with Gasteiger partial charge >= 0.3 is 0 Å². The van der Waals surface area contributed by atoms with Gasteiger partial charge in [-0.25, -0.2) is 4.98 Å². The van der Waals surface area contributed by atoms with E-state index < -0.39 is 0 Å². The van der Waals surface area contributed by atoms with Crippen LogP contribution in [0, 0.1) is 13.8 Å². The van der Waals surface area contributed by atoms with Crippen LogP contribution in [0.15, 0.2) is 38.8 Å². The first-order valence-electron chi connectivity index (χ1n) is 5.84. The Morgan fingerprint density at radius 2 is 1.95 bits per heavy atom. The number of rotatable bonds is 5. The molecule has 19 heavy (non-hydrogen) atoms. The highest BCUT2D eigenvalue weighted by molar-refractivity contribution is 7.99. The van der Waals surface area contributed by atoms with Crippen LogP contribution in [0.3, 0.4) is 0 Å². The third-order valence-electron chi connectivity index (χ3n) is 2.75. The average molecular weight is 293 g/mol. The highest BCUT2D eigenvalue weighted by Gasteiger charge is 2.11. The standard InChI is InChI=1S/C14H15NO2S2/c1-9-10(2)17-14(15-9)19-8-13(16)11-4-6-12(18-3)7-5-11/h4-7H,8H2,1-3H3. The van der Waals surface area contributed by atoms with Crippen molar-refractivity contribution in [2.75, 3.05) is 12.0 Å². The molecule has 0 N–H and O–H groups in total. The summed E-state index contributed by atoms with van der Waals surface area (Å²) in [5.74, 6) is 1.24. The number of thioether (sulfide) groups is 2. The van der Waals surface area contributed by atoms with Crippen LogP contribution in [-0.4, -0.2) is 22.8 Å². The summed E-state index contributed by atoms with van der Waals surface area (Å²) in [6, 6.07) is 7.64. The molecular formula is C14H15NO2S2. The van der Waals surface area contributed by atoms with Gasteiger partial charge in [0, 0.05) is 10.5 Å². The predicted molar refractivity (Wildman–Crippen MR) is 79.3 cm³/mol. The molecular weight excluding hydrogens is 278 g/mol. The number of hydrogen-bond acceptors (Lipinski definition) is 5. The molecule has 0 fully saturated rings. The van der Waals surface area contributed by atoms with E-state index in [2.05, 4.69) is 4.98 Å². The van der Waals surface area contributed by atoms with Gasteiger partial charge in [0.15, 0.2) is 5.78 Å². The monoisotopic (exact) mass is 293 g/mol. The molecule has 0 unspecified atom stereocenters. The van der Waals surface area contributed by atoms with E-state index in [1.165, 1.54) is 11.8 Å². The number of nitrogens with zero attached hydrogens (tertiary/aromatic N) is 1. The van der Waals surface area contributed by atoms with Crippen molar-refractivity contribution in [1.29, 1.82) is 0 Å². The summed E-state index contributed by atoms with van der Waals surface area (Å²) in [7, 11) is 0. The van der Waals surface area contributed by atoms with Crippen molar-refractivity contribution >= 4 is 29.3 Å². The van der Waals surface area contributed by atoms with Crippen LogP contribution in [-0.2, 0) is 0 Å². The summed E-state index contributed by atoms with van der Waals surface area (Å²) >= 11 is 3.00. The third kappa shape index (κ3) is 3.64. The normalized spacial score (nSPS) is 10.7. The number of aryl methyl sites for hydroxylation is 2. The SMILES string of the molecule is CSc1ccc(C(=O)CSc2nc(C)c(C)o2)cc1. The second-order valence-electron chi connectivity index (χ2n) is 4.06. The smallest absolute Gasteiger partial charge is 0.256 e. The molecule has 5 heteroatoms. The molecule has 0 spiro atoms. The van der Waals surface area contributed by atoms with E-state index in [9.17, 15) is 4.79 Å². The van der Waals surface area contributed by atoms with E-state index in [1.807, 2.05) is 44.4 Å². The minimum absolute atomic E-state index is 0.0890. The molecule has 2 rings (SSSR count). The maximum Gasteiger partial charge on any atom is 0.256 e. The fraction of sp³-hybridized carbons (Fsp3) is 0.286. The Labute approximate surface area is 121 Å². The van der Waals surface area contributed by atoms with Crippen LogP contribution >= 0.6 is 23.5 Å². The Morgan fingerprint density at radius 3 is 2.47 bits per heavy atom. The Kier molecular flexibility index (Phi) is 4.71. The molecule has 1 aromatic carbocycles. The molecule has 1 heterocycles. The first-order chi connectivity index (χ1) is 9.10. The van der Waals surface area contributed by atoms with Gasteiger partial charge in [-0.15, -0.1) is 11.8 Å². The number of Topliss-reactive ketones (excluding diaryl/α,β-unsaturated/α-hetero) is 1. The first-order valence-corrected chi connectivity index (χ1v) is 8.05. The lowest BCUT2D eigenvalue weighted by atomic mass is 10.1. The van der Waals surface area contributed by atoms with Crippen LogP contribution in [0.5, 0.6) is 0 Å². The molecule has 0 radical (unpaired) electrons. The number of oxazole rings is 1. The quantitative estimate of drug-likeness (QED) is 0.616. The van der Waals surface area contributed by atoms with E-state index in [-0.39, 0.29) is 5.78 Å². The van der Waals surface area contributed by atoms with Crippen molar-refractivity contribution in [3.63, 3.8) is 0 Å². The van der Waals surface area contributed by atoms with E-state index in [1.54, 1.807) is 11.8 Å². The second kappa shape index (κ2) is 6.30. The number of carbonyl (C=O) groups excluding carboxylic acids is 1. The molecule has 100 valence electrons. The number of carbonyl (C=O) groups is 1. The van der Waals surface area contributed by atoms with Gasteiger partial charge in [0.2, 0.25) is 0 Å². The van der Waals surface area contributed by atoms with Gasteiger partial charge in [-0.1, -0.05) is 23.9 Å². The molecule has 0 aliphatic heterocycles. The molecule has 2 aromatic rings. The molecule has 0 atom stereocenters. The first kappa shape index (κ1) is 14.2. The van der Waals surface area contributed by atoms with Crippen molar-refractivity contribution in [1.82, 2.24) is 4.98 Å². The predicted octanol–water partition coefficient (Wildman–Crippen LogP) is 3.99. The molecule has 3 nitrogen and oxygen atoms in total. The van der Waals surface area contributed by atoms with Gasteiger partial charge in [0.05, 0.1) is 11.4 Å². The zero-order chi connectivity index (χ0) is 13.8. The molecule has 1 aromatic heterocycles. The number of aromatic nitrogens is 1. The van der Waals surface area contributed by atoms with Crippen LogP contribution in [0.4, 0.5) is 0 Å². The summed E-state index contributed by atoms with van der Waals surface area (Å²) in [6.07, 6.45) is 2.01. The molecule has 0 aliphatic carbocycles. The lowest BCUT2D eigenvalue weighted by Crippen LogP contribution is -2.01. The second-order valence-corrected chi connectivity index (χ2v) is 5.87. The van der Waals surface area contributed by atoms with Crippen LogP contribution < -0.4 is 0 Å². The van der Waals surface area contributed by atoms with Crippen molar-refractivity contribution in [3.05, 3.63) is 41.3 Å². The Bertz CT molecular complexity index is 556. The Hall–Kier alpha value is -1.20. The summed E-state index contributed by atoms with van der Waals surface area (Å²) in [5.41, 5.74) is 1.60. The molecule has 0 aliphatic rings. The Balaban J connectivity index is 1.96. The van der Waals surface area contributed by atoms with Gasteiger partial charge < -0.3 is 4.42 Å². The highest BCUT2D eigenvalue weighted by atomic mass is 32.2. The van der Waals surface area contributed by atoms with Gasteiger partial charge in [0.25, 0.3) is 5.22 Å². The summed E-state index contributed by atoms with van der Waals surface area (Å²) in [4.78, 5) is 17.4.